The zero-order chi connectivity index (χ0) is 12.0. The first-order valence-corrected chi connectivity index (χ1v) is 6.25. The van der Waals surface area contributed by atoms with Crippen molar-refractivity contribution in [1.82, 2.24) is 0 Å². The lowest BCUT2D eigenvalue weighted by Crippen LogP contribution is -2.10. The Morgan fingerprint density at radius 3 is 2.75 bits per heavy atom. The molecule has 1 atom stereocenters. The fourth-order valence-electron chi connectivity index (χ4n) is 1.15. The van der Waals surface area contributed by atoms with Gasteiger partial charge in [0.25, 0.3) is 0 Å². The number of hydrogen-bond acceptors (Lipinski definition) is 3. The zero-order valence-electron chi connectivity index (χ0n) is 8.94. The summed E-state index contributed by atoms with van der Waals surface area (Å²) >= 11 is 0. The minimum absolute atomic E-state index is 0.0365. The second-order valence-corrected chi connectivity index (χ2v) is 4.57. The Morgan fingerprint density at radius 1 is 1.44 bits per heavy atom. The molecule has 5 heteroatoms. The maximum atomic E-state index is 13.2. The molecule has 16 heavy (non-hydrogen) atoms. The minimum atomic E-state index is -1.49. The number of benzene rings is 1. The van der Waals surface area contributed by atoms with Crippen LogP contribution in [0.1, 0.15) is 13.3 Å². The predicted molar refractivity (Wildman–Crippen MR) is 58.9 cm³/mol. The maximum absolute atomic E-state index is 13.2. The molecule has 0 spiro atoms. The number of esters is 1. The van der Waals surface area contributed by atoms with Crippen LogP contribution in [0.3, 0.4) is 0 Å². The van der Waals surface area contributed by atoms with E-state index in [0.717, 1.165) is 0 Å². The molecule has 3 nitrogen and oxygen atoms in total. The molecule has 0 N–H and O–H groups in total. The van der Waals surface area contributed by atoms with Gasteiger partial charge in [-0.2, -0.15) is 0 Å². The number of carbonyl (C=O) groups is 1. The first-order chi connectivity index (χ1) is 7.65. The van der Waals surface area contributed by atoms with E-state index in [0.29, 0.717) is 6.61 Å². The highest BCUT2D eigenvalue weighted by atomic mass is 32.2. The van der Waals surface area contributed by atoms with Gasteiger partial charge < -0.3 is 4.74 Å². The first-order valence-electron chi connectivity index (χ1n) is 4.93. The normalized spacial score (nSPS) is 12.1. The summed E-state index contributed by atoms with van der Waals surface area (Å²) in [6.07, 6.45) is 0.0365. The van der Waals surface area contributed by atoms with Crippen molar-refractivity contribution in [3.05, 3.63) is 30.1 Å². The molecule has 1 aromatic carbocycles. The second-order valence-electron chi connectivity index (χ2n) is 3.04. The maximum Gasteiger partial charge on any atom is 0.306 e. The van der Waals surface area contributed by atoms with Crippen LogP contribution in [0.4, 0.5) is 4.39 Å². The molecule has 0 saturated heterocycles. The molecule has 1 aromatic rings. The zero-order valence-corrected chi connectivity index (χ0v) is 9.76. The number of rotatable bonds is 5. The average Bonchev–Trinajstić information content (AvgIpc) is 2.27. The lowest BCUT2D eigenvalue weighted by molar-refractivity contribution is -0.142. The Balaban J connectivity index is 2.54. The molecule has 0 aliphatic heterocycles. The van der Waals surface area contributed by atoms with Gasteiger partial charge >= 0.3 is 5.97 Å². The third kappa shape index (κ3) is 3.73. The van der Waals surface area contributed by atoms with Crippen LogP contribution >= 0.6 is 0 Å². The molecular weight excluding hydrogens is 231 g/mol. The Bertz CT molecular complexity index is 393. The molecule has 0 aliphatic rings. The van der Waals surface area contributed by atoms with Crippen LogP contribution in [0.5, 0.6) is 0 Å². The molecule has 0 bridgehead atoms. The quantitative estimate of drug-likeness (QED) is 0.743. The Labute approximate surface area is 96.1 Å². The van der Waals surface area contributed by atoms with Crippen molar-refractivity contribution in [2.45, 2.75) is 18.2 Å². The third-order valence-electron chi connectivity index (χ3n) is 1.88. The highest BCUT2D eigenvalue weighted by Gasteiger charge is 2.11. The molecular formula is C11H13FO3S. The van der Waals surface area contributed by atoms with Crippen LogP contribution in [-0.4, -0.2) is 22.5 Å². The number of ether oxygens (including phenoxy) is 1. The van der Waals surface area contributed by atoms with Crippen molar-refractivity contribution in [2.24, 2.45) is 0 Å². The molecule has 0 fully saturated rings. The topological polar surface area (TPSA) is 43.4 Å². The van der Waals surface area contributed by atoms with Crippen molar-refractivity contribution in [1.29, 1.82) is 0 Å². The Hall–Kier alpha value is -1.23. The van der Waals surface area contributed by atoms with Gasteiger partial charge in [0.1, 0.15) is 5.82 Å². The molecule has 1 unspecified atom stereocenters. The summed E-state index contributed by atoms with van der Waals surface area (Å²) in [7, 11) is -1.49. The van der Waals surface area contributed by atoms with Crippen molar-refractivity contribution in [3.63, 3.8) is 0 Å². The van der Waals surface area contributed by atoms with Gasteiger partial charge in [0.05, 0.1) is 28.7 Å². The summed E-state index contributed by atoms with van der Waals surface area (Å²) in [5.41, 5.74) is 0. The summed E-state index contributed by atoms with van der Waals surface area (Å²) in [4.78, 5) is 11.1. The second kappa shape index (κ2) is 6.37. The standard InChI is InChI=1S/C11H13FO3S/c1-2-15-11(13)7-8-16(14)10-6-4-3-5-9(10)12/h3-6H,2,7-8H2,1H3. The highest BCUT2D eigenvalue weighted by Crippen LogP contribution is 2.12. The van der Waals surface area contributed by atoms with Crippen molar-refractivity contribution >= 4 is 16.8 Å². The van der Waals surface area contributed by atoms with Gasteiger partial charge in [-0.1, -0.05) is 12.1 Å². The SMILES string of the molecule is CCOC(=O)CCS(=O)c1ccccc1F. The summed E-state index contributed by atoms with van der Waals surface area (Å²) < 4.78 is 29.5. The van der Waals surface area contributed by atoms with Crippen molar-refractivity contribution < 1.29 is 18.1 Å². The van der Waals surface area contributed by atoms with Crippen LogP contribution in [0.2, 0.25) is 0 Å². The van der Waals surface area contributed by atoms with Gasteiger partial charge in [0, 0.05) is 5.75 Å². The van der Waals surface area contributed by atoms with Crippen LogP contribution in [0.15, 0.2) is 29.2 Å². The van der Waals surface area contributed by atoms with E-state index in [1.807, 2.05) is 0 Å². The summed E-state index contributed by atoms with van der Waals surface area (Å²) in [6.45, 7) is 2.00. The van der Waals surface area contributed by atoms with Crippen molar-refractivity contribution in [3.8, 4) is 0 Å². The first kappa shape index (κ1) is 12.8. The van der Waals surface area contributed by atoms with Crippen LogP contribution in [0.25, 0.3) is 0 Å². The van der Waals surface area contributed by atoms with Crippen LogP contribution in [-0.2, 0) is 20.3 Å². The molecule has 0 aliphatic carbocycles. The molecule has 0 saturated carbocycles. The van der Waals surface area contributed by atoms with E-state index in [2.05, 4.69) is 0 Å². The van der Waals surface area contributed by atoms with E-state index >= 15 is 0 Å². The smallest absolute Gasteiger partial charge is 0.306 e. The molecule has 88 valence electrons. The van der Waals surface area contributed by atoms with Gasteiger partial charge in [0.15, 0.2) is 0 Å². The van der Waals surface area contributed by atoms with Gasteiger partial charge in [0.2, 0.25) is 0 Å². The van der Waals surface area contributed by atoms with Gasteiger partial charge in [-0.05, 0) is 19.1 Å². The molecule has 0 amide bonds. The average molecular weight is 244 g/mol. The fourth-order valence-corrected chi connectivity index (χ4v) is 2.24. The fraction of sp³-hybridized carbons (Fsp3) is 0.364. The van der Waals surface area contributed by atoms with Crippen LogP contribution < -0.4 is 0 Å². The van der Waals surface area contributed by atoms with E-state index in [1.165, 1.54) is 18.2 Å². The van der Waals surface area contributed by atoms with E-state index in [1.54, 1.807) is 13.0 Å². The number of halogens is 1. The van der Waals surface area contributed by atoms with Crippen molar-refractivity contribution in [2.75, 3.05) is 12.4 Å². The van der Waals surface area contributed by atoms with E-state index in [9.17, 15) is 13.4 Å². The van der Waals surface area contributed by atoms with E-state index in [4.69, 9.17) is 4.74 Å². The van der Waals surface area contributed by atoms with E-state index in [-0.39, 0.29) is 17.1 Å². The number of hydrogen-bond donors (Lipinski definition) is 0. The summed E-state index contributed by atoms with van der Waals surface area (Å²) in [5, 5.41) is 0. The largest absolute Gasteiger partial charge is 0.466 e. The van der Waals surface area contributed by atoms with Crippen LogP contribution in [0, 0.1) is 5.82 Å². The van der Waals surface area contributed by atoms with Gasteiger partial charge in [-0.3, -0.25) is 9.00 Å². The highest BCUT2D eigenvalue weighted by molar-refractivity contribution is 7.85. The molecule has 0 heterocycles. The van der Waals surface area contributed by atoms with Gasteiger partial charge in [-0.25, -0.2) is 4.39 Å². The Kier molecular flexibility index (Phi) is 5.11. The molecule has 0 radical (unpaired) electrons. The number of carbonyl (C=O) groups excluding carboxylic acids is 1. The summed E-state index contributed by atoms with van der Waals surface area (Å²) in [6, 6.07) is 5.84. The summed E-state index contributed by atoms with van der Waals surface area (Å²) in [5.74, 6) is -0.836. The van der Waals surface area contributed by atoms with E-state index < -0.39 is 22.6 Å². The molecule has 0 aromatic heterocycles. The lowest BCUT2D eigenvalue weighted by atomic mass is 10.3. The lowest BCUT2D eigenvalue weighted by Gasteiger charge is -2.03. The monoisotopic (exact) mass is 244 g/mol. The van der Waals surface area contributed by atoms with Gasteiger partial charge in [-0.15, -0.1) is 0 Å². The third-order valence-corrected chi connectivity index (χ3v) is 3.28. The molecule has 1 rings (SSSR count). The minimum Gasteiger partial charge on any atom is -0.466 e. The Morgan fingerprint density at radius 2 is 2.12 bits per heavy atom. The predicted octanol–water partition coefficient (Wildman–Crippen LogP) is 1.89.